The van der Waals surface area contributed by atoms with Gasteiger partial charge in [0.2, 0.25) is 5.91 Å². The summed E-state index contributed by atoms with van der Waals surface area (Å²) in [5, 5.41) is 5.08. The van der Waals surface area contributed by atoms with Crippen LogP contribution in [0.4, 0.5) is 0 Å². The Morgan fingerprint density at radius 3 is 2.79 bits per heavy atom. The predicted molar refractivity (Wildman–Crippen MR) is 117 cm³/mol. The molecule has 1 atom stereocenters. The van der Waals surface area contributed by atoms with Crippen LogP contribution >= 0.6 is 11.8 Å². The monoisotopic (exact) mass is 411 g/mol. The van der Waals surface area contributed by atoms with Crippen LogP contribution < -0.4 is 5.32 Å². The molecular weight excluding hydrogens is 382 g/mol. The molecule has 1 fully saturated rings. The predicted octanol–water partition coefficient (Wildman–Crippen LogP) is 5.72. The lowest BCUT2D eigenvalue weighted by molar-refractivity contribution is -0.119. The smallest absolute Gasteiger partial charge is 0.231 e. The van der Waals surface area contributed by atoms with Crippen LogP contribution in [0.15, 0.2) is 39.9 Å². The van der Waals surface area contributed by atoms with E-state index in [0.29, 0.717) is 11.8 Å². The lowest BCUT2D eigenvalue weighted by Crippen LogP contribution is -2.28. The van der Waals surface area contributed by atoms with Crippen molar-refractivity contribution in [2.45, 2.75) is 70.1 Å². The number of aromatic nitrogens is 2. The highest BCUT2D eigenvalue weighted by Gasteiger charge is 2.23. The molecule has 4 rings (SSSR count). The molecule has 2 heterocycles. The highest BCUT2D eigenvalue weighted by molar-refractivity contribution is 7.99. The minimum atomic E-state index is -0.169. The minimum Gasteiger partial charge on any atom is -0.459 e. The van der Waals surface area contributed by atoms with Crippen molar-refractivity contribution in [3.63, 3.8) is 0 Å². The molecule has 1 saturated carbocycles. The van der Waals surface area contributed by atoms with Crippen molar-refractivity contribution in [3.05, 3.63) is 47.5 Å². The van der Waals surface area contributed by atoms with E-state index in [1.54, 1.807) is 0 Å². The number of aryl methyl sites for hydroxylation is 1. The number of imidazole rings is 1. The Hall–Kier alpha value is -2.21. The largest absolute Gasteiger partial charge is 0.459 e. The normalized spacial score (nSPS) is 16.2. The van der Waals surface area contributed by atoms with Crippen LogP contribution in [0.1, 0.15) is 68.3 Å². The maximum atomic E-state index is 12.6. The maximum absolute atomic E-state index is 12.6. The molecule has 1 unspecified atom stereocenters. The van der Waals surface area contributed by atoms with Gasteiger partial charge in [-0.2, -0.15) is 0 Å². The van der Waals surface area contributed by atoms with E-state index in [-0.39, 0.29) is 11.9 Å². The lowest BCUT2D eigenvalue weighted by Gasteiger charge is -2.26. The van der Waals surface area contributed by atoms with Crippen LogP contribution in [0, 0.1) is 13.8 Å². The van der Waals surface area contributed by atoms with E-state index in [1.165, 1.54) is 49.6 Å². The molecule has 2 aromatic heterocycles. The Morgan fingerprint density at radius 1 is 1.28 bits per heavy atom. The number of benzene rings is 1. The molecule has 1 aromatic carbocycles. The first-order chi connectivity index (χ1) is 14.0. The van der Waals surface area contributed by atoms with Gasteiger partial charge >= 0.3 is 0 Å². The third-order valence-electron chi connectivity index (χ3n) is 5.88. The topological polar surface area (TPSA) is 60.1 Å². The van der Waals surface area contributed by atoms with Crippen molar-refractivity contribution < 1.29 is 9.21 Å². The molecule has 1 aliphatic rings. The van der Waals surface area contributed by atoms with E-state index in [4.69, 9.17) is 9.40 Å². The van der Waals surface area contributed by atoms with Crippen LogP contribution in [0.2, 0.25) is 0 Å². The molecule has 1 amide bonds. The molecular formula is C23H29N3O2S. The fourth-order valence-corrected chi connectivity index (χ4v) is 5.14. The van der Waals surface area contributed by atoms with Gasteiger partial charge in [-0.15, -0.1) is 0 Å². The van der Waals surface area contributed by atoms with Crippen LogP contribution in [-0.2, 0) is 4.79 Å². The number of para-hydroxylation sites is 1. The van der Waals surface area contributed by atoms with E-state index >= 15 is 0 Å². The summed E-state index contributed by atoms with van der Waals surface area (Å²) in [6.45, 7) is 6.16. The Balaban J connectivity index is 1.40. The lowest BCUT2D eigenvalue weighted by atomic mass is 9.95. The molecule has 0 spiro atoms. The Kier molecular flexibility index (Phi) is 5.99. The van der Waals surface area contributed by atoms with Gasteiger partial charge in [0.25, 0.3) is 0 Å². The summed E-state index contributed by atoms with van der Waals surface area (Å²) in [7, 11) is 0. The second-order valence-corrected chi connectivity index (χ2v) is 8.93. The molecule has 1 N–H and O–H groups in total. The molecule has 154 valence electrons. The number of furan rings is 1. The van der Waals surface area contributed by atoms with E-state index < -0.39 is 0 Å². The molecule has 0 saturated heterocycles. The standard InChI is InChI=1S/C23H29N3O2S/c1-15-17(3)26(19-10-5-4-6-11-19)23(25-15)29-14-22(27)24-16(2)21-13-18-9-7-8-12-20(18)28-21/h7-9,12-13,16,19H,4-6,10-11,14H2,1-3H3,(H,24,27). The van der Waals surface area contributed by atoms with Gasteiger partial charge in [0, 0.05) is 17.1 Å². The van der Waals surface area contributed by atoms with Crippen LogP contribution in [0.5, 0.6) is 0 Å². The van der Waals surface area contributed by atoms with Gasteiger partial charge < -0.3 is 14.3 Å². The zero-order valence-electron chi connectivity index (χ0n) is 17.4. The summed E-state index contributed by atoms with van der Waals surface area (Å²) < 4.78 is 8.24. The third kappa shape index (κ3) is 4.37. The Labute approximate surface area is 176 Å². The number of nitrogens with zero attached hydrogens (tertiary/aromatic N) is 2. The van der Waals surface area contributed by atoms with Gasteiger partial charge in [-0.3, -0.25) is 4.79 Å². The van der Waals surface area contributed by atoms with Gasteiger partial charge in [0.15, 0.2) is 5.16 Å². The van der Waals surface area contributed by atoms with Crippen molar-refractivity contribution in [3.8, 4) is 0 Å². The molecule has 1 aliphatic carbocycles. The fourth-order valence-electron chi connectivity index (χ4n) is 4.17. The van der Waals surface area contributed by atoms with Crippen molar-refractivity contribution in [2.24, 2.45) is 0 Å². The first-order valence-electron chi connectivity index (χ1n) is 10.5. The summed E-state index contributed by atoms with van der Waals surface area (Å²) in [5.74, 6) is 1.13. The number of amides is 1. The van der Waals surface area contributed by atoms with Crippen molar-refractivity contribution >= 4 is 28.6 Å². The second kappa shape index (κ2) is 8.66. The Bertz CT molecular complexity index is 968. The summed E-state index contributed by atoms with van der Waals surface area (Å²) >= 11 is 1.54. The number of carbonyl (C=O) groups is 1. The average Bonchev–Trinajstić information content (AvgIpc) is 3.28. The van der Waals surface area contributed by atoms with Gasteiger partial charge in [0.1, 0.15) is 11.3 Å². The fraction of sp³-hybridized carbons (Fsp3) is 0.478. The minimum absolute atomic E-state index is 0.00328. The number of hydrogen-bond acceptors (Lipinski definition) is 4. The Morgan fingerprint density at radius 2 is 2.03 bits per heavy atom. The van der Waals surface area contributed by atoms with Crippen molar-refractivity contribution in [2.75, 3.05) is 5.75 Å². The molecule has 0 aliphatic heterocycles. The molecule has 5 nitrogen and oxygen atoms in total. The molecule has 0 bridgehead atoms. The number of nitrogens with one attached hydrogen (secondary N) is 1. The van der Waals surface area contributed by atoms with E-state index in [2.05, 4.69) is 23.7 Å². The first kappa shape index (κ1) is 20.1. The number of fused-ring (bicyclic) bond motifs is 1. The quantitative estimate of drug-likeness (QED) is 0.527. The van der Waals surface area contributed by atoms with Crippen LogP contribution in [0.3, 0.4) is 0 Å². The third-order valence-corrected chi connectivity index (χ3v) is 6.83. The molecule has 6 heteroatoms. The number of rotatable bonds is 6. The highest BCUT2D eigenvalue weighted by atomic mass is 32.2. The first-order valence-corrected chi connectivity index (χ1v) is 11.5. The summed E-state index contributed by atoms with van der Waals surface area (Å²) in [4.78, 5) is 17.3. The summed E-state index contributed by atoms with van der Waals surface area (Å²) in [5.41, 5.74) is 3.14. The number of thioether (sulfide) groups is 1. The molecule has 0 radical (unpaired) electrons. The maximum Gasteiger partial charge on any atom is 0.231 e. The highest BCUT2D eigenvalue weighted by Crippen LogP contribution is 2.34. The van der Waals surface area contributed by atoms with Crippen LogP contribution in [0.25, 0.3) is 11.0 Å². The molecule has 3 aromatic rings. The summed E-state index contributed by atoms with van der Waals surface area (Å²) in [6.07, 6.45) is 6.30. The van der Waals surface area contributed by atoms with Gasteiger partial charge in [-0.1, -0.05) is 49.2 Å². The second-order valence-electron chi connectivity index (χ2n) is 7.99. The van der Waals surface area contributed by atoms with Gasteiger partial charge in [0.05, 0.1) is 17.5 Å². The van der Waals surface area contributed by atoms with E-state index in [0.717, 1.165) is 27.6 Å². The van der Waals surface area contributed by atoms with Gasteiger partial charge in [-0.25, -0.2) is 4.98 Å². The summed E-state index contributed by atoms with van der Waals surface area (Å²) in [6, 6.07) is 10.2. The number of carbonyl (C=O) groups excluding carboxylic acids is 1. The average molecular weight is 412 g/mol. The van der Waals surface area contributed by atoms with Crippen molar-refractivity contribution in [1.82, 2.24) is 14.9 Å². The van der Waals surface area contributed by atoms with Crippen LogP contribution in [-0.4, -0.2) is 21.2 Å². The van der Waals surface area contributed by atoms with Gasteiger partial charge in [-0.05, 0) is 45.7 Å². The van der Waals surface area contributed by atoms with E-state index in [1.807, 2.05) is 37.3 Å². The molecule has 29 heavy (non-hydrogen) atoms. The van der Waals surface area contributed by atoms with Crippen molar-refractivity contribution in [1.29, 1.82) is 0 Å². The number of hydrogen-bond donors (Lipinski definition) is 1. The zero-order valence-corrected chi connectivity index (χ0v) is 18.2. The SMILES string of the molecule is Cc1nc(SCC(=O)NC(C)c2cc3ccccc3o2)n(C2CCCCC2)c1C. The van der Waals surface area contributed by atoms with E-state index in [9.17, 15) is 4.79 Å². The zero-order chi connectivity index (χ0) is 20.4.